The van der Waals surface area contributed by atoms with E-state index >= 15 is 0 Å². The number of alkyl halides is 3. The van der Waals surface area contributed by atoms with Crippen molar-refractivity contribution in [2.24, 2.45) is 0 Å². The molecule has 11 heteroatoms. The molecule has 0 aliphatic rings. The number of aryl methyl sites for hydroxylation is 1. The third-order valence-corrected chi connectivity index (χ3v) is 5.93. The van der Waals surface area contributed by atoms with Crippen molar-refractivity contribution in [1.82, 2.24) is 14.9 Å². The van der Waals surface area contributed by atoms with Crippen LogP contribution < -0.4 is 16.0 Å². The van der Waals surface area contributed by atoms with Crippen LogP contribution in [-0.4, -0.2) is 39.8 Å². The molecule has 2 amide bonds. The summed E-state index contributed by atoms with van der Waals surface area (Å²) >= 11 is 0. The first-order chi connectivity index (χ1) is 18.0. The third kappa shape index (κ3) is 7.75. The number of hydrogen-bond acceptors (Lipinski definition) is 6. The SMILES string of the molecule is CCN(CC)Cc1ccc(C(=O)Nc2ccc(C)c(NCc3cnc(NC(C)=O)cn3)c2)cc1C(F)(F)F. The standard InChI is InChI=1S/C27H31F3N6O2/c1-5-36(6-2)16-20-9-8-19(11-23(20)27(28,29)30)26(38)35-21-10-7-17(3)24(12-21)32-13-22-14-33-25(15-31-22)34-18(4)37/h7-12,14-15,32H,5-6,13,16H2,1-4H3,(H,35,38)(H,33,34,37). The van der Waals surface area contributed by atoms with Gasteiger partial charge in [-0.2, -0.15) is 13.2 Å². The highest BCUT2D eigenvalue weighted by molar-refractivity contribution is 6.04. The van der Waals surface area contributed by atoms with E-state index in [4.69, 9.17) is 0 Å². The van der Waals surface area contributed by atoms with Crippen LogP contribution in [0.1, 0.15) is 53.5 Å². The lowest BCUT2D eigenvalue weighted by Crippen LogP contribution is -2.24. The predicted octanol–water partition coefficient (Wildman–Crippen LogP) is 5.47. The van der Waals surface area contributed by atoms with Crippen LogP contribution in [0.5, 0.6) is 0 Å². The molecule has 3 rings (SSSR count). The van der Waals surface area contributed by atoms with Gasteiger partial charge in [0.15, 0.2) is 5.82 Å². The second kappa shape index (κ2) is 12.5. The molecule has 3 aromatic rings. The Morgan fingerprint density at radius 2 is 1.71 bits per heavy atom. The second-order valence-corrected chi connectivity index (χ2v) is 8.74. The summed E-state index contributed by atoms with van der Waals surface area (Å²) in [7, 11) is 0. The van der Waals surface area contributed by atoms with E-state index in [1.807, 2.05) is 25.7 Å². The van der Waals surface area contributed by atoms with Gasteiger partial charge < -0.3 is 16.0 Å². The third-order valence-electron chi connectivity index (χ3n) is 5.93. The highest BCUT2D eigenvalue weighted by Gasteiger charge is 2.34. The minimum atomic E-state index is -4.58. The number of carbonyl (C=O) groups is 2. The maximum Gasteiger partial charge on any atom is 0.416 e. The Labute approximate surface area is 219 Å². The molecule has 1 aromatic heterocycles. The lowest BCUT2D eigenvalue weighted by Gasteiger charge is -2.21. The molecule has 0 fully saturated rings. The van der Waals surface area contributed by atoms with Crippen molar-refractivity contribution < 1.29 is 22.8 Å². The van der Waals surface area contributed by atoms with E-state index in [1.54, 1.807) is 18.2 Å². The van der Waals surface area contributed by atoms with Gasteiger partial charge in [-0.05, 0) is 55.4 Å². The predicted molar refractivity (Wildman–Crippen MR) is 141 cm³/mol. The van der Waals surface area contributed by atoms with E-state index in [2.05, 4.69) is 25.9 Å². The summed E-state index contributed by atoms with van der Waals surface area (Å²) in [5.41, 5.74) is 1.90. The lowest BCUT2D eigenvalue weighted by molar-refractivity contribution is -0.138. The Kier molecular flexibility index (Phi) is 9.40. The molecule has 0 aliphatic heterocycles. The Hall–Kier alpha value is -3.99. The molecule has 2 aromatic carbocycles. The zero-order valence-electron chi connectivity index (χ0n) is 21.7. The number of nitrogens with one attached hydrogen (secondary N) is 3. The van der Waals surface area contributed by atoms with Crippen molar-refractivity contribution in [2.75, 3.05) is 29.0 Å². The van der Waals surface area contributed by atoms with Crippen LogP contribution in [-0.2, 0) is 24.1 Å². The number of aromatic nitrogens is 2. The van der Waals surface area contributed by atoms with Gasteiger partial charge in [0.25, 0.3) is 5.91 Å². The number of anilines is 3. The van der Waals surface area contributed by atoms with Gasteiger partial charge in [0.05, 0.1) is 30.2 Å². The monoisotopic (exact) mass is 528 g/mol. The van der Waals surface area contributed by atoms with Crippen LogP contribution in [0.15, 0.2) is 48.8 Å². The first-order valence-electron chi connectivity index (χ1n) is 12.2. The van der Waals surface area contributed by atoms with Crippen molar-refractivity contribution in [3.8, 4) is 0 Å². The van der Waals surface area contributed by atoms with Crippen LogP contribution >= 0.6 is 0 Å². The van der Waals surface area contributed by atoms with Crippen molar-refractivity contribution in [3.63, 3.8) is 0 Å². The maximum absolute atomic E-state index is 13.8. The molecule has 0 spiro atoms. The Morgan fingerprint density at radius 3 is 2.32 bits per heavy atom. The summed E-state index contributed by atoms with van der Waals surface area (Å²) in [5.74, 6) is -0.541. The summed E-state index contributed by atoms with van der Waals surface area (Å²) in [5, 5.41) is 8.44. The van der Waals surface area contributed by atoms with Crippen molar-refractivity contribution in [2.45, 2.75) is 47.0 Å². The average Bonchev–Trinajstić information content (AvgIpc) is 2.87. The molecule has 1 heterocycles. The summed E-state index contributed by atoms with van der Waals surface area (Å²) in [4.78, 5) is 34.2. The largest absolute Gasteiger partial charge is 0.416 e. The first-order valence-corrected chi connectivity index (χ1v) is 12.2. The smallest absolute Gasteiger partial charge is 0.379 e. The highest BCUT2D eigenvalue weighted by Crippen LogP contribution is 2.33. The molecular weight excluding hydrogens is 497 g/mol. The van der Waals surface area contributed by atoms with Gasteiger partial charge in [0.1, 0.15) is 0 Å². The fraction of sp³-hybridized carbons (Fsp3) is 0.333. The van der Waals surface area contributed by atoms with Gasteiger partial charge in [-0.15, -0.1) is 0 Å². The maximum atomic E-state index is 13.8. The van der Waals surface area contributed by atoms with Crippen molar-refractivity contribution >= 4 is 29.0 Å². The van der Waals surface area contributed by atoms with E-state index in [0.717, 1.165) is 11.6 Å². The van der Waals surface area contributed by atoms with E-state index < -0.39 is 17.6 Å². The minimum Gasteiger partial charge on any atom is -0.379 e. The molecule has 0 radical (unpaired) electrons. The van der Waals surface area contributed by atoms with Crippen molar-refractivity contribution in [1.29, 1.82) is 0 Å². The number of benzene rings is 2. The topological polar surface area (TPSA) is 99.3 Å². The molecule has 0 saturated carbocycles. The molecular formula is C27H31F3N6O2. The normalized spacial score (nSPS) is 11.4. The van der Waals surface area contributed by atoms with E-state index in [0.29, 0.717) is 42.5 Å². The number of halogens is 3. The number of rotatable bonds is 10. The van der Waals surface area contributed by atoms with Crippen LogP contribution in [0.25, 0.3) is 0 Å². The van der Waals surface area contributed by atoms with Gasteiger partial charge in [-0.1, -0.05) is 26.0 Å². The van der Waals surface area contributed by atoms with Crippen LogP contribution in [0.4, 0.5) is 30.4 Å². The Balaban J connectivity index is 1.73. The summed E-state index contributed by atoms with van der Waals surface area (Å²) in [6.45, 7) is 8.75. The van der Waals surface area contributed by atoms with Gasteiger partial charge in [0.2, 0.25) is 5.91 Å². The molecule has 8 nitrogen and oxygen atoms in total. The molecule has 38 heavy (non-hydrogen) atoms. The highest BCUT2D eigenvalue weighted by atomic mass is 19.4. The zero-order valence-corrected chi connectivity index (χ0v) is 21.7. The van der Waals surface area contributed by atoms with E-state index in [9.17, 15) is 22.8 Å². The van der Waals surface area contributed by atoms with Gasteiger partial charge in [0, 0.05) is 30.4 Å². The molecule has 3 N–H and O–H groups in total. The lowest BCUT2D eigenvalue weighted by atomic mass is 10.0. The summed E-state index contributed by atoms with van der Waals surface area (Å²) in [6.07, 6.45) is -1.60. The molecule has 0 atom stereocenters. The Morgan fingerprint density at radius 1 is 0.974 bits per heavy atom. The van der Waals surface area contributed by atoms with Crippen molar-refractivity contribution in [3.05, 3.63) is 76.7 Å². The summed E-state index contributed by atoms with van der Waals surface area (Å²) in [6, 6.07) is 8.87. The molecule has 202 valence electrons. The second-order valence-electron chi connectivity index (χ2n) is 8.74. The fourth-order valence-electron chi connectivity index (χ4n) is 3.78. The number of amides is 2. The number of hydrogen-bond donors (Lipinski definition) is 3. The minimum absolute atomic E-state index is 0.0785. The summed E-state index contributed by atoms with van der Waals surface area (Å²) < 4.78 is 41.4. The quantitative estimate of drug-likeness (QED) is 0.323. The van der Waals surface area contributed by atoms with Crippen LogP contribution in [0.2, 0.25) is 0 Å². The molecule has 0 bridgehead atoms. The van der Waals surface area contributed by atoms with Gasteiger partial charge in [-0.25, -0.2) is 4.98 Å². The zero-order chi connectivity index (χ0) is 27.9. The molecule has 0 unspecified atom stereocenters. The van der Waals surface area contributed by atoms with Gasteiger partial charge >= 0.3 is 6.18 Å². The number of carbonyl (C=O) groups excluding carboxylic acids is 2. The average molecular weight is 529 g/mol. The molecule has 0 saturated heterocycles. The Bertz CT molecular complexity index is 1270. The van der Waals surface area contributed by atoms with E-state index in [1.165, 1.54) is 31.5 Å². The van der Waals surface area contributed by atoms with Crippen LogP contribution in [0, 0.1) is 6.92 Å². The molecule has 0 aliphatic carbocycles. The van der Waals surface area contributed by atoms with E-state index in [-0.39, 0.29) is 23.6 Å². The van der Waals surface area contributed by atoms with Gasteiger partial charge in [-0.3, -0.25) is 19.5 Å². The fourth-order valence-corrected chi connectivity index (χ4v) is 3.78. The first kappa shape index (κ1) is 28.6. The number of nitrogens with zero attached hydrogens (tertiary/aromatic N) is 3. The van der Waals surface area contributed by atoms with Crippen LogP contribution in [0.3, 0.4) is 0 Å².